The molecule has 8 heteroatoms. The van der Waals surface area contributed by atoms with Gasteiger partial charge in [0, 0.05) is 11.3 Å². The first-order chi connectivity index (χ1) is 15.8. The van der Waals surface area contributed by atoms with Crippen molar-refractivity contribution in [3.8, 4) is 5.75 Å². The Kier molecular flexibility index (Phi) is 7.97. The number of carbonyl (C=O) groups is 2. The summed E-state index contributed by atoms with van der Waals surface area (Å²) in [5.41, 5.74) is 1.65. The Morgan fingerprint density at radius 3 is 2.27 bits per heavy atom. The van der Waals surface area contributed by atoms with Crippen molar-refractivity contribution < 1.29 is 22.7 Å². The average Bonchev–Trinajstić information content (AvgIpc) is 2.80. The Morgan fingerprint density at radius 2 is 1.64 bits per heavy atom. The van der Waals surface area contributed by atoms with Gasteiger partial charge in [0.1, 0.15) is 11.8 Å². The SMILES string of the molecule is CCOc1ccc(S(=O)(=O)N[C@@H](Cc2ccccc2)C(=O)Nc2cccc(C(C)=O)c2)cc1. The van der Waals surface area contributed by atoms with E-state index in [1.54, 1.807) is 36.4 Å². The Hall–Kier alpha value is -3.49. The molecule has 0 fully saturated rings. The van der Waals surface area contributed by atoms with E-state index in [9.17, 15) is 18.0 Å². The third-order valence-corrected chi connectivity index (χ3v) is 6.37. The molecule has 0 heterocycles. The molecule has 0 spiro atoms. The molecule has 0 radical (unpaired) electrons. The van der Waals surface area contributed by atoms with Crippen LogP contribution in [0.2, 0.25) is 0 Å². The lowest BCUT2D eigenvalue weighted by atomic mass is 10.1. The third-order valence-electron chi connectivity index (χ3n) is 4.88. The van der Waals surface area contributed by atoms with Gasteiger partial charge in [-0.15, -0.1) is 0 Å². The van der Waals surface area contributed by atoms with Gasteiger partial charge in [0.2, 0.25) is 15.9 Å². The molecule has 0 aliphatic heterocycles. The number of ether oxygens (including phenoxy) is 1. The molecule has 33 heavy (non-hydrogen) atoms. The predicted molar refractivity (Wildman–Crippen MR) is 127 cm³/mol. The van der Waals surface area contributed by atoms with Crippen LogP contribution in [0.3, 0.4) is 0 Å². The fourth-order valence-corrected chi connectivity index (χ4v) is 4.42. The van der Waals surface area contributed by atoms with E-state index in [0.717, 1.165) is 5.56 Å². The number of rotatable bonds is 10. The highest BCUT2D eigenvalue weighted by Gasteiger charge is 2.26. The number of nitrogens with one attached hydrogen (secondary N) is 2. The molecule has 0 aliphatic carbocycles. The highest BCUT2D eigenvalue weighted by Crippen LogP contribution is 2.18. The third kappa shape index (κ3) is 6.74. The van der Waals surface area contributed by atoms with Crippen molar-refractivity contribution in [3.63, 3.8) is 0 Å². The van der Waals surface area contributed by atoms with Crippen molar-refractivity contribution in [2.24, 2.45) is 0 Å². The fraction of sp³-hybridized carbons (Fsp3) is 0.200. The van der Waals surface area contributed by atoms with E-state index in [1.165, 1.54) is 19.1 Å². The van der Waals surface area contributed by atoms with Crippen molar-refractivity contribution >= 4 is 27.4 Å². The van der Waals surface area contributed by atoms with Crippen molar-refractivity contribution in [1.29, 1.82) is 0 Å². The number of anilines is 1. The molecule has 1 amide bonds. The molecule has 0 bridgehead atoms. The highest BCUT2D eigenvalue weighted by molar-refractivity contribution is 7.89. The summed E-state index contributed by atoms with van der Waals surface area (Å²) in [5.74, 6) is -0.113. The molecule has 0 saturated heterocycles. The second kappa shape index (κ2) is 10.9. The number of sulfonamides is 1. The second-order valence-electron chi connectivity index (χ2n) is 7.39. The van der Waals surface area contributed by atoms with E-state index in [0.29, 0.717) is 23.6 Å². The summed E-state index contributed by atoms with van der Waals surface area (Å²) in [7, 11) is -3.99. The van der Waals surface area contributed by atoms with Crippen LogP contribution >= 0.6 is 0 Å². The number of ketones is 1. The molecule has 0 aromatic heterocycles. The quantitative estimate of drug-likeness (QED) is 0.443. The summed E-state index contributed by atoms with van der Waals surface area (Å²) in [5, 5.41) is 2.72. The Balaban J connectivity index is 1.85. The highest BCUT2D eigenvalue weighted by atomic mass is 32.2. The van der Waals surface area contributed by atoms with E-state index in [-0.39, 0.29) is 17.1 Å². The molecule has 7 nitrogen and oxygen atoms in total. The van der Waals surface area contributed by atoms with Gasteiger partial charge in [0.15, 0.2) is 5.78 Å². The first-order valence-electron chi connectivity index (χ1n) is 10.5. The maximum Gasteiger partial charge on any atom is 0.242 e. The van der Waals surface area contributed by atoms with Gasteiger partial charge < -0.3 is 10.1 Å². The van der Waals surface area contributed by atoms with Crippen LogP contribution in [0.15, 0.2) is 83.8 Å². The predicted octanol–water partition coefficient (Wildman–Crippen LogP) is 3.82. The van der Waals surface area contributed by atoms with Crippen LogP contribution in [-0.4, -0.2) is 32.8 Å². The molecule has 3 rings (SSSR count). The maximum atomic E-state index is 13.1. The largest absolute Gasteiger partial charge is 0.494 e. The minimum absolute atomic E-state index is 0.0235. The zero-order valence-corrected chi connectivity index (χ0v) is 19.3. The molecule has 0 unspecified atom stereocenters. The summed E-state index contributed by atoms with van der Waals surface area (Å²) in [6, 6.07) is 20.5. The maximum absolute atomic E-state index is 13.1. The number of hydrogen-bond donors (Lipinski definition) is 2. The Bertz CT molecular complexity index is 1210. The van der Waals surface area contributed by atoms with Crippen LogP contribution in [0.25, 0.3) is 0 Å². The summed E-state index contributed by atoms with van der Waals surface area (Å²) in [6.07, 6.45) is 0.148. The Labute approximate surface area is 193 Å². The van der Waals surface area contributed by atoms with Gasteiger partial charge in [0.25, 0.3) is 0 Å². The summed E-state index contributed by atoms with van der Waals surface area (Å²) < 4.78 is 33.9. The smallest absolute Gasteiger partial charge is 0.242 e. The average molecular weight is 467 g/mol. The number of amides is 1. The monoisotopic (exact) mass is 466 g/mol. The van der Waals surface area contributed by atoms with Crippen molar-refractivity contribution in [2.45, 2.75) is 31.2 Å². The second-order valence-corrected chi connectivity index (χ2v) is 9.11. The summed E-state index contributed by atoms with van der Waals surface area (Å²) in [6.45, 7) is 3.74. The fourth-order valence-electron chi connectivity index (χ4n) is 3.22. The number of carbonyl (C=O) groups excluding carboxylic acids is 2. The van der Waals surface area contributed by atoms with Gasteiger partial charge in [-0.05, 0) is 62.2 Å². The lowest BCUT2D eigenvalue weighted by Crippen LogP contribution is -2.45. The molecule has 3 aromatic rings. The Morgan fingerprint density at radius 1 is 0.939 bits per heavy atom. The van der Waals surface area contributed by atoms with Crippen molar-refractivity contribution in [2.75, 3.05) is 11.9 Å². The van der Waals surface area contributed by atoms with E-state index in [2.05, 4.69) is 10.0 Å². The number of Topliss-reactive ketones (excluding diaryl/α,β-unsaturated/α-hetero) is 1. The minimum atomic E-state index is -3.99. The van der Waals surface area contributed by atoms with Gasteiger partial charge in [-0.2, -0.15) is 4.72 Å². The number of hydrogen-bond acceptors (Lipinski definition) is 5. The molecular formula is C25H26N2O5S. The van der Waals surface area contributed by atoms with Crippen LogP contribution in [0.5, 0.6) is 5.75 Å². The molecular weight excluding hydrogens is 440 g/mol. The van der Waals surface area contributed by atoms with Gasteiger partial charge in [0.05, 0.1) is 11.5 Å². The molecule has 3 aromatic carbocycles. The van der Waals surface area contributed by atoms with Crippen molar-refractivity contribution in [3.05, 3.63) is 90.0 Å². The van der Waals surface area contributed by atoms with Gasteiger partial charge in [-0.25, -0.2) is 8.42 Å². The molecule has 1 atom stereocenters. The van der Waals surface area contributed by atoms with E-state index < -0.39 is 22.0 Å². The van der Waals surface area contributed by atoms with E-state index in [4.69, 9.17) is 4.74 Å². The lowest BCUT2D eigenvalue weighted by Gasteiger charge is -2.19. The van der Waals surface area contributed by atoms with Gasteiger partial charge in [-0.1, -0.05) is 42.5 Å². The molecule has 172 valence electrons. The van der Waals surface area contributed by atoms with E-state index in [1.807, 2.05) is 37.3 Å². The molecule has 2 N–H and O–H groups in total. The number of benzene rings is 3. The first-order valence-corrected chi connectivity index (χ1v) is 12.0. The summed E-state index contributed by atoms with van der Waals surface area (Å²) >= 11 is 0. The van der Waals surface area contributed by atoms with Crippen LogP contribution < -0.4 is 14.8 Å². The zero-order chi connectivity index (χ0) is 23.8. The van der Waals surface area contributed by atoms with Crippen LogP contribution in [0, 0.1) is 0 Å². The summed E-state index contributed by atoms with van der Waals surface area (Å²) in [4.78, 5) is 24.8. The van der Waals surface area contributed by atoms with Crippen LogP contribution in [0.4, 0.5) is 5.69 Å². The zero-order valence-electron chi connectivity index (χ0n) is 18.4. The van der Waals surface area contributed by atoms with Gasteiger partial charge >= 0.3 is 0 Å². The van der Waals surface area contributed by atoms with Crippen LogP contribution in [-0.2, 0) is 21.2 Å². The van der Waals surface area contributed by atoms with Crippen molar-refractivity contribution in [1.82, 2.24) is 4.72 Å². The first kappa shape index (κ1) is 24.2. The normalized spacial score (nSPS) is 12.1. The van der Waals surface area contributed by atoms with Gasteiger partial charge in [-0.3, -0.25) is 9.59 Å². The van der Waals surface area contributed by atoms with E-state index >= 15 is 0 Å². The lowest BCUT2D eigenvalue weighted by molar-refractivity contribution is -0.117. The topological polar surface area (TPSA) is 102 Å². The molecule has 0 saturated carbocycles. The standard InChI is InChI=1S/C25H26N2O5S/c1-3-32-22-12-14-23(15-13-22)33(30,31)27-24(16-19-8-5-4-6-9-19)25(29)26-21-11-7-10-20(17-21)18(2)28/h4-15,17,24,27H,3,16H2,1-2H3,(H,26,29)/t24-/m0/s1. The molecule has 0 aliphatic rings. The minimum Gasteiger partial charge on any atom is -0.494 e. The van der Waals surface area contributed by atoms with Crippen LogP contribution in [0.1, 0.15) is 29.8 Å².